The topological polar surface area (TPSA) is 83.6 Å². The molecule has 0 saturated carbocycles. The van der Waals surface area contributed by atoms with Crippen molar-refractivity contribution in [2.24, 2.45) is 5.73 Å². The van der Waals surface area contributed by atoms with E-state index in [4.69, 9.17) is 18.0 Å². The van der Waals surface area contributed by atoms with Crippen LogP contribution in [-0.2, 0) is 15.8 Å². The highest BCUT2D eigenvalue weighted by molar-refractivity contribution is 7.88. The highest BCUT2D eigenvalue weighted by atomic mass is 32.2. The first kappa shape index (κ1) is 16.4. The summed E-state index contributed by atoms with van der Waals surface area (Å²) in [6.07, 6.45) is 0.895. The SMILES string of the molecule is CC1(O)CCN(S(=O)(=O)Cc2ccccc2C(N)=S)CC1. The highest BCUT2D eigenvalue weighted by Crippen LogP contribution is 2.25. The number of hydrogen-bond acceptors (Lipinski definition) is 4. The smallest absolute Gasteiger partial charge is 0.218 e. The van der Waals surface area contributed by atoms with Gasteiger partial charge in [0.25, 0.3) is 0 Å². The molecule has 1 heterocycles. The fourth-order valence-corrected chi connectivity index (χ4v) is 4.19. The van der Waals surface area contributed by atoms with Gasteiger partial charge in [-0.05, 0) is 25.3 Å². The van der Waals surface area contributed by atoms with Crippen molar-refractivity contribution in [3.8, 4) is 0 Å². The number of nitrogens with zero attached hydrogens (tertiary/aromatic N) is 1. The van der Waals surface area contributed by atoms with Crippen molar-refractivity contribution < 1.29 is 13.5 Å². The van der Waals surface area contributed by atoms with E-state index in [9.17, 15) is 13.5 Å². The Morgan fingerprint density at radius 1 is 1.38 bits per heavy atom. The molecule has 1 aliphatic rings. The second-order valence-corrected chi connectivity index (χ2v) is 8.08. The largest absolute Gasteiger partial charge is 0.390 e. The average Bonchev–Trinajstić information content (AvgIpc) is 2.38. The summed E-state index contributed by atoms with van der Waals surface area (Å²) in [6, 6.07) is 7.01. The van der Waals surface area contributed by atoms with Crippen LogP contribution < -0.4 is 5.73 Å². The van der Waals surface area contributed by atoms with Gasteiger partial charge in [-0.15, -0.1) is 0 Å². The van der Waals surface area contributed by atoms with Crippen LogP contribution in [0.3, 0.4) is 0 Å². The maximum Gasteiger partial charge on any atom is 0.218 e. The summed E-state index contributed by atoms with van der Waals surface area (Å²) >= 11 is 4.96. The normalized spacial score (nSPS) is 19.3. The van der Waals surface area contributed by atoms with Gasteiger partial charge in [0.2, 0.25) is 10.0 Å². The number of hydrogen-bond donors (Lipinski definition) is 2. The molecule has 5 nitrogen and oxygen atoms in total. The van der Waals surface area contributed by atoms with Crippen molar-refractivity contribution in [3.05, 3.63) is 35.4 Å². The van der Waals surface area contributed by atoms with E-state index in [1.54, 1.807) is 31.2 Å². The predicted molar refractivity (Wildman–Crippen MR) is 86.4 cm³/mol. The van der Waals surface area contributed by atoms with Gasteiger partial charge in [0.05, 0.1) is 11.4 Å². The average molecular weight is 328 g/mol. The molecule has 116 valence electrons. The van der Waals surface area contributed by atoms with Gasteiger partial charge in [-0.25, -0.2) is 12.7 Å². The standard InChI is InChI=1S/C14H20N2O3S2/c1-14(17)6-8-16(9-7-14)21(18,19)10-11-4-2-3-5-12(11)13(15)20/h2-5,17H,6-10H2,1H3,(H2,15,20). The van der Waals surface area contributed by atoms with E-state index in [0.29, 0.717) is 37.1 Å². The fourth-order valence-electron chi connectivity index (χ4n) is 2.42. The molecule has 0 unspecified atom stereocenters. The zero-order valence-corrected chi connectivity index (χ0v) is 13.6. The highest BCUT2D eigenvalue weighted by Gasteiger charge is 2.33. The Bertz CT molecular complexity index is 631. The van der Waals surface area contributed by atoms with Gasteiger partial charge < -0.3 is 10.8 Å². The Labute approximate surface area is 130 Å². The zero-order valence-electron chi connectivity index (χ0n) is 11.9. The van der Waals surface area contributed by atoms with E-state index >= 15 is 0 Å². The summed E-state index contributed by atoms with van der Waals surface area (Å²) < 4.78 is 26.4. The molecule has 21 heavy (non-hydrogen) atoms. The van der Waals surface area contributed by atoms with E-state index in [0.717, 1.165) is 0 Å². The van der Waals surface area contributed by atoms with Crippen LogP contribution in [0.5, 0.6) is 0 Å². The minimum Gasteiger partial charge on any atom is -0.390 e. The third-order valence-corrected chi connectivity index (χ3v) is 5.86. The minimum absolute atomic E-state index is 0.122. The maximum atomic E-state index is 12.5. The number of nitrogens with two attached hydrogens (primary N) is 1. The Balaban J connectivity index is 2.17. The summed E-state index contributed by atoms with van der Waals surface area (Å²) in [5, 5.41) is 9.91. The lowest BCUT2D eigenvalue weighted by Gasteiger charge is -2.35. The zero-order chi connectivity index (χ0) is 15.7. The van der Waals surface area contributed by atoms with Crippen molar-refractivity contribution in [1.29, 1.82) is 0 Å². The van der Waals surface area contributed by atoms with Crippen LogP contribution >= 0.6 is 12.2 Å². The first-order valence-electron chi connectivity index (χ1n) is 6.79. The van der Waals surface area contributed by atoms with E-state index in [-0.39, 0.29) is 10.7 Å². The third kappa shape index (κ3) is 4.00. The van der Waals surface area contributed by atoms with Crippen molar-refractivity contribution in [3.63, 3.8) is 0 Å². The molecular weight excluding hydrogens is 308 g/mol. The summed E-state index contributed by atoms with van der Waals surface area (Å²) in [6.45, 7) is 2.41. The van der Waals surface area contributed by atoms with Gasteiger partial charge in [0.1, 0.15) is 4.99 Å². The van der Waals surface area contributed by atoms with Crippen molar-refractivity contribution in [2.45, 2.75) is 31.1 Å². The monoisotopic (exact) mass is 328 g/mol. The van der Waals surface area contributed by atoms with E-state index in [1.807, 2.05) is 0 Å². The molecule has 1 saturated heterocycles. The Kier molecular flexibility index (Phi) is 4.67. The molecule has 1 aromatic rings. The molecule has 0 aromatic heterocycles. The molecule has 0 radical (unpaired) electrons. The van der Waals surface area contributed by atoms with Gasteiger partial charge in [0.15, 0.2) is 0 Å². The maximum absolute atomic E-state index is 12.5. The van der Waals surface area contributed by atoms with Crippen molar-refractivity contribution in [2.75, 3.05) is 13.1 Å². The predicted octanol–water partition coefficient (Wildman–Crippen LogP) is 0.997. The Morgan fingerprint density at radius 3 is 2.52 bits per heavy atom. The molecule has 0 amide bonds. The van der Waals surface area contributed by atoms with Crippen molar-refractivity contribution >= 4 is 27.2 Å². The number of benzene rings is 1. The molecule has 0 spiro atoms. The number of sulfonamides is 1. The molecule has 0 bridgehead atoms. The minimum atomic E-state index is -3.44. The van der Waals surface area contributed by atoms with E-state index in [1.165, 1.54) is 4.31 Å². The summed E-state index contributed by atoms with van der Waals surface area (Å²) in [5.74, 6) is -0.122. The molecule has 1 aliphatic heterocycles. The van der Waals surface area contributed by atoms with Crippen LogP contribution in [0.25, 0.3) is 0 Å². The van der Waals surface area contributed by atoms with E-state index in [2.05, 4.69) is 0 Å². The molecule has 2 rings (SSSR count). The van der Waals surface area contributed by atoms with Crippen LogP contribution in [0.1, 0.15) is 30.9 Å². The molecule has 1 aromatic carbocycles. The Hall–Kier alpha value is -1.02. The van der Waals surface area contributed by atoms with Crippen LogP contribution in [0.2, 0.25) is 0 Å². The molecular formula is C14H20N2O3S2. The third-order valence-electron chi connectivity index (χ3n) is 3.81. The summed E-state index contributed by atoms with van der Waals surface area (Å²) in [7, 11) is -3.44. The molecule has 7 heteroatoms. The van der Waals surface area contributed by atoms with Crippen molar-refractivity contribution in [1.82, 2.24) is 4.31 Å². The fraction of sp³-hybridized carbons (Fsp3) is 0.500. The van der Waals surface area contributed by atoms with Gasteiger partial charge >= 0.3 is 0 Å². The first-order chi connectivity index (χ1) is 9.71. The molecule has 3 N–H and O–H groups in total. The van der Waals surface area contributed by atoms with Crippen LogP contribution in [-0.4, -0.2) is 41.5 Å². The number of thiocarbonyl (C=S) groups is 1. The number of rotatable bonds is 4. The molecule has 0 atom stereocenters. The first-order valence-corrected chi connectivity index (χ1v) is 8.81. The lowest BCUT2D eigenvalue weighted by Crippen LogP contribution is -2.45. The van der Waals surface area contributed by atoms with Crippen LogP contribution in [0, 0.1) is 0 Å². The second kappa shape index (κ2) is 6.00. The second-order valence-electron chi connectivity index (χ2n) is 5.67. The lowest BCUT2D eigenvalue weighted by atomic mass is 9.95. The summed E-state index contributed by atoms with van der Waals surface area (Å²) in [5.41, 5.74) is 6.07. The number of piperidine rings is 1. The van der Waals surface area contributed by atoms with Gasteiger partial charge in [-0.1, -0.05) is 36.5 Å². The quantitative estimate of drug-likeness (QED) is 0.806. The van der Waals surface area contributed by atoms with Gasteiger partial charge in [-0.2, -0.15) is 0 Å². The van der Waals surface area contributed by atoms with Gasteiger partial charge in [-0.3, -0.25) is 0 Å². The van der Waals surface area contributed by atoms with Gasteiger partial charge in [0, 0.05) is 18.7 Å². The lowest BCUT2D eigenvalue weighted by molar-refractivity contribution is 0.0126. The van der Waals surface area contributed by atoms with Crippen LogP contribution in [0.4, 0.5) is 0 Å². The molecule has 1 fully saturated rings. The Morgan fingerprint density at radius 2 is 1.95 bits per heavy atom. The van der Waals surface area contributed by atoms with Crippen LogP contribution in [0.15, 0.2) is 24.3 Å². The number of aliphatic hydroxyl groups is 1. The van der Waals surface area contributed by atoms with E-state index < -0.39 is 15.6 Å². The molecule has 0 aliphatic carbocycles. The summed E-state index contributed by atoms with van der Waals surface area (Å²) in [4.78, 5) is 0.197.